The molecule has 8 heteroatoms. The third-order valence-electron chi connectivity index (χ3n) is 5.98. The van der Waals surface area contributed by atoms with Crippen LogP contribution in [0.25, 0.3) is 0 Å². The molecule has 0 unspecified atom stereocenters. The van der Waals surface area contributed by atoms with Gasteiger partial charge in [-0.2, -0.15) is 0 Å². The van der Waals surface area contributed by atoms with Gasteiger partial charge in [-0.25, -0.2) is 9.37 Å². The number of aromatic nitrogens is 1. The van der Waals surface area contributed by atoms with Crippen LogP contribution < -0.4 is 4.74 Å². The van der Waals surface area contributed by atoms with Gasteiger partial charge >= 0.3 is 0 Å². The fourth-order valence-electron chi connectivity index (χ4n) is 4.01. The number of hydrogen-bond acceptors (Lipinski definition) is 6. The number of fused-ring (bicyclic) bond motifs is 1. The van der Waals surface area contributed by atoms with E-state index in [0.29, 0.717) is 37.3 Å². The molecule has 7 nitrogen and oxygen atoms in total. The van der Waals surface area contributed by atoms with Crippen molar-refractivity contribution in [3.8, 4) is 17.7 Å². The largest absolute Gasteiger partial charge is 0.472 e. The molecule has 188 valence electrons. The van der Waals surface area contributed by atoms with Crippen LogP contribution in [0.2, 0.25) is 0 Å². The molecule has 0 fully saturated rings. The molecule has 0 radical (unpaired) electrons. The fraction of sp³-hybridized carbons (Fsp3) is 0.481. The van der Waals surface area contributed by atoms with E-state index in [-0.39, 0.29) is 42.3 Å². The summed E-state index contributed by atoms with van der Waals surface area (Å²) in [4.78, 5) is 23.6. The van der Waals surface area contributed by atoms with Gasteiger partial charge in [-0.15, -0.1) is 0 Å². The van der Waals surface area contributed by atoms with Crippen molar-refractivity contribution in [3.63, 3.8) is 0 Å². The summed E-state index contributed by atoms with van der Waals surface area (Å²) in [5, 5.41) is 9.82. The predicted octanol–water partition coefficient (Wildman–Crippen LogP) is 2.49. The lowest BCUT2D eigenvalue weighted by atomic mass is 9.99. The predicted molar refractivity (Wildman–Crippen MR) is 134 cm³/mol. The zero-order chi connectivity index (χ0) is 25.5. The minimum atomic E-state index is -0.356. The van der Waals surface area contributed by atoms with Gasteiger partial charge < -0.3 is 14.7 Å². The van der Waals surface area contributed by atoms with Gasteiger partial charge in [-0.1, -0.05) is 30.9 Å². The highest BCUT2D eigenvalue weighted by atomic mass is 19.1. The molecule has 0 saturated heterocycles. The van der Waals surface area contributed by atoms with Gasteiger partial charge in [-0.3, -0.25) is 14.6 Å². The van der Waals surface area contributed by atoms with Crippen molar-refractivity contribution in [1.29, 1.82) is 0 Å². The SMILES string of the molecule is C[C@H](CO)N1C[C@H](C)[C@@H](CN(C)Cc2cccc(F)c2)Oc2ncc(C#CCN(C)C)cc2C1=O. The summed E-state index contributed by atoms with van der Waals surface area (Å²) in [5.74, 6) is 5.86. The second kappa shape index (κ2) is 12.1. The molecule has 1 N–H and O–H groups in total. The van der Waals surface area contributed by atoms with Crippen LogP contribution in [-0.2, 0) is 6.54 Å². The Kier molecular flexibility index (Phi) is 9.21. The Morgan fingerprint density at radius 1 is 1.31 bits per heavy atom. The summed E-state index contributed by atoms with van der Waals surface area (Å²) in [6.07, 6.45) is 1.35. The van der Waals surface area contributed by atoms with E-state index in [0.717, 1.165) is 5.56 Å². The Hall–Kier alpha value is -2.99. The normalized spacial score (nSPS) is 18.9. The number of ether oxygens (including phenoxy) is 1. The quantitative estimate of drug-likeness (QED) is 0.612. The van der Waals surface area contributed by atoms with Crippen molar-refractivity contribution in [3.05, 3.63) is 59.0 Å². The summed E-state index contributed by atoms with van der Waals surface area (Å²) >= 11 is 0. The van der Waals surface area contributed by atoms with E-state index in [9.17, 15) is 14.3 Å². The highest BCUT2D eigenvalue weighted by Gasteiger charge is 2.34. The van der Waals surface area contributed by atoms with Gasteiger partial charge in [0.25, 0.3) is 5.91 Å². The Morgan fingerprint density at radius 2 is 2.09 bits per heavy atom. The molecule has 3 rings (SSSR count). The van der Waals surface area contributed by atoms with Crippen LogP contribution in [-0.4, -0.2) is 90.2 Å². The average molecular weight is 483 g/mol. The van der Waals surface area contributed by atoms with E-state index in [4.69, 9.17) is 4.74 Å². The second-order valence-electron chi connectivity index (χ2n) is 9.57. The van der Waals surface area contributed by atoms with E-state index in [1.165, 1.54) is 12.1 Å². The van der Waals surface area contributed by atoms with Crippen molar-refractivity contribution in [1.82, 2.24) is 19.7 Å². The molecule has 2 heterocycles. The van der Waals surface area contributed by atoms with Crippen molar-refractivity contribution in [2.75, 3.05) is 47.4 Å². The van der Waals surface area contributed by atoms with Crippen LogP contribution in [0.1, 0.15) is 35.3 Å². The summed E-state index contributed by atoms with van der Waals surface area (Å²) in [5.41, 5.74) is 1.84. The third-order valence-corrected chi connectivity index (χ3v) is 5.98. The van der Waals surface area contributed by atoms with Crippen LogP contribution >= 0.6 is 0 Å². The number of hydrogen-bond donors (Lipinski definition) is 1. The number of carbonyl (C=O) groups is 1. The van der Waals surface area contributed by atoms with E-state index in [1.807, 2.05) is 46.0 Å². The molecular formula is C27H35FN4O3. The molecule has 35 heavy (non-hydrogen) atoms. The number of carbonyl (C=O) groups excluding carboxylic acids is 1. The first-order valence-corrected chi connectivity index (χ1v) is 11.8. The number of halogens is 1. The summed E-state index contributed by atoms with van der Waals surface area (Å²) in [7, 11) is 5.83. The molecule has 0 bridgehead atoms. The molecule has 3 atom stereocenters. The first-order valence-electron chi connectivity index (χ1n) is 11.8. The zero-order valence-electron chi connectivity index (χ0n) is 21.2. The third kappa shape index (κ3) is 7.25. The summed E-state index contributed by atoms with van der Waals surface area (Å²) in [6, 6.07) is 7.91. The molecule has 1 aromatic heterocycles. The van der Waals surface area contributed by atoms with Crippen molar-refractivity contribution < 1.29 is 19.0 Å². The molecule has 0 aliphatic carbocycles. The lowest BCUT2D eigenvalue weighted by molar-refractivity contribution is 0.0325. The maximum absolute atomic E-state index is 13.6. The smallest absolute Gasteiger partial charge is 0.259 e. The Balaban J connectivity index is 1.89. The number of benzene rings is 1. The Morgan fingerprint density at radius 3 is 2.77 bits per heavy atom. The average Bonchev–Trinajstić information content (AvgIpc) is 2.81. The highest BCUT2D eigenvalue weighted by Crippen LogP contribution is 2.27. The van der Waals surface area contributed by atoms with Crippen LogP contribution in [0, 0.1) is 23.6 Å². The van der Waals surface area contributed by atoms with Gasteiger partial charge in [0, 0.05) is 37.3 Å². The lowest BCUT2D eigenvalue weighted by Crippen LogP contribution is -2.49. The van der Waals surface area contributed by atoms with E-state index >= 15 is 0 Å². The molecular weight excluding hydrogens is 447 g/mol. The molecule has 1 aliphatic heterocycles. The molecule has 1 aromatic carbocycles. The first kappa shape index (κ1) is 26.6. The maximum Gasteiger partial charge on any atom is 0.259 e. The number of aliphatic hydroxyl groups is 1. The molecule has 0 saturated carbocycles. The summed E-state index contributed by atoms with van der Waals surface area (Å²) in [6.45, 7) is 5.83. The highest BCUT2D eigenvalue weighted by molar-refractivity contribution is 5.97. The van der Waals surface area contributed by atoms with Crippen LogP contribution in [0.4, 0.5) is 4.39 Å². The molecule has 1 aliphatic rings. The summed E-state index contributed by atoms with van der Waals surface area (Å²) < 4.78 is 19.9. The number of rotatable bonds is 7. The van der Waals surface area contributed by atoms with Gasteiger partial charge in [0.2, 0.25) is 5.88 Å². The molecule has 1 amide bonds. The minimum Gasteiger partial charge on any atom is -0.472 e. The van der Waals surface area contributed by atoms with E-state index in [2.05, 4.69) is 21.7 Å². The number of pyridine rings is 1. The van der Waals surface area contributed by atoms with Crippen LogP contribution in [0.5, 0.6) is 5.88 Å². The monoisotopic (exact) mass is 482 g/mol. The lowest BCUT2D eigenvalue weighted by Gasteiger charge is -2.37. The van der Waals surface area contributed by atoms with Crippen LogP contribution in [0.3, 0.4) is 0 Å². The number of likely N-dealkylation sites (N-methyl/N-ethyl adjacent to an activating group) is 1. The topological polar surface area (TPSA) is 69.1 Å². The van der Waals surface area contributed by atoms with Crippen molar-refractivity contribution in [2.24, 2.45) is 5.92 Å². The van der Waals surface area contributed by atoms with Crippen LogP contribution in [0.15, 0.2) is 36.5 Å². The van der Waals surface area contributed by atoms with Crippen molar-refractivity contribution in [2.45, 2.75) is 32.5 Å². The standard InChI is InChI=1S/C27H35FN4O3/c1-19-15-32(20(2)18-33)27(34)24-13-21(9-7-11-30(3)4)14-29-26(24)35-25(19)17-31(5)16-22-8-6-10-23(28)12-22/h6,8,10,12-14,19-20,25,33H,11,15-18H2,1-5H3/t19-,20+,25+/m0/s1. The van der Waals surface area contributed by atoms with Gasteiger partial charge in [0.15, 0.2) is 0 Å². The molecule has 0 spiro atoms. The maximum atomic E-state index is 13.6. The Labute approximate surface area is 207 Å². The van der Waals surface area contributed by atoms with Gasteiger partial charge in [0.1, 0.15) is 17.5 Å². The number of amides is 1. The van der Waals surface area contributed by atoms with E-state index in [1.54, 1.807) is 23.2 Å². The van der Waals surface area contributed by atoms with E-state index < -0.39 is 0 Å². The minimum absolute atomic E-state index is 0.0302. The zero-order valence-corrected chi connectivity index (χ0v) is 21.2. The first-order chi connectivity index (χ1) is 16.7. The number of nitrogens with zero attached hydrogens (tertiary/aromatic N) is 4. The number of aliphatic hydroxyl groups excluding tert-OH is 1. The molecule has 2 aromatic rings. The fourth-order valence-corrected chi connectivity index (χ4v) is 4.01. The Bertz CT molecular complexity index is 1080. The van der Waals surface area contributed by atoms with Gasteiger partial charge in [-0.05, 0) is 51.8 Å². The van der Waals surface area contributed by atoms with Crippen molar-refractivity contribution >= 4 is 5.91 Å². The van der Waals surface area contributed by atoms with Gasteiger partial charge in [0.05, 0.1) is 19.2 Å². The second-order valence-corrected chi connectivity index (χ2v) is 9.57.